The molecule has 1 unspecified atom stereocenters. The predicted octanol–water partition coefficient (Wildman–Crippen LogP) is 4.06. The van der Waals surface area contributed by atoms with Gasteiger partial charge in [-0.25, -0.2) is 0 Å². The number of para-hydroxylation sites is 1. The number of fused-ring (bicyclic) bond motifs is 4. The zero-order valence-electron chi connectivity index (χ0n) is 11.5. The van der Waals surface area contributed by atoms with Crippen LogP contribution in [0.3, 0.4) is 0 Å². The first-order valence-corrected chi connectivity index (χ1v) is 7.67. The molecule has 1 amide bonds. The van der Waals surface area contributed by atoms with Crippen molar-refractivity contribution >= 4 is 23.4 Å². The van der Waals surface area contributed by atoms with Gasteiger partial charge in [0.1, 0.15) is 0 Å². The fourth-order valence-corrected chi connectivity index (χ4v) is 4.64. The fraction of sp³-hybridized carbons (Fsp3) is 0.235. The summed E-state index contributed by atoms with van der Waals surface area (Å²) in [5.41, 5.74) is 3.11. The molecule has 0 radical (unpaired) electrons. The van der Waals surface area contributed by atoms with Crippen LogP contribution in [0.5, 0.6) is 0 Å². The van der Waals surface area contributed by atoms with Crippen LogP contribution in [0.2, 0.25) is 0 Å². The average Bonchev–Trinajstić information content (AvgIpc) is 2.69. The smallest absolute Gasteiger partial charge is 0.260 e. The molecular weight excluding hydrogens is 266 g/mol. The van der Waals surface area contributed by atoms with E-state index in [1.54, 1.807) is 11.8 Å². The highest BCUT2D eigenvalue weighted by atomic mass is 32.2. The van der Waals surface area contributed by atoms with Crippen molar-refractivity contribution in [3.05, 3.63) is 59.7 Å². The topological polar surface area (TPSA) is 20.3 Å². The van der Waals surface area contributed by atoms with E-state index in [2.05, 4.69) is 32.0 Å². The van der Waals surface area contributed by atoms with E-state index in [1.807, 2.05) is 35.2 Å². The van der Waals surface area contributed by atoms with E-state index in [9.17, 15) is 4.79 Å². The molecule has 0 aliphatic carbocycles. The lowest BCUT2D eigenvalue weighted by atomic mass is 9.87. The summed E-state index contributed by atoms with van der Waals surface area (Å²) >= 11 is 1.80. The fourth-order valence-electron chi connectivity index (χ4n) is 3.22. The van der Waals surface area contributed by atoms with Crippen LogP contribution in [-0.2, 0) is 5.41 Å². The second-order valence-electron chi connectivity index (χ2n) is 5.88. The van der Waals surface area contributed by atoms with Crippen molar-refractivity contribution in [2.45, 2.75) is 29.5 Å². The molecule has 2 heterocycles. The Kier molecular flexibility index (Phi) is 2.34. The minimum absolute atomic E-state index is 0.0373. The minimum Gasteiger partial charge on any atom is -0.294 e. The number of hydrogen-bond donors (Lipinski definition) is 0. The summed E-state index contributed by atoms with van der Waals surface area (Å²) < 4.78 is 0. The number of anilines is 1. The highest BCUT2D eigenvalue weighted by Crippen LogP contribution is 2.53. The van der Waals surface area contributed by atoms with E-state index in [4.69, 9.17) is 0 Å². The van der Waals surface area contributed by atoms with E-state index in [1.165, 1.54) is 5.56 Å². The van der Waals surface area contributed by atoms with Crippen molar-refractivity contribution in [3.63, 3.8) is 0 Å². The Morgan fingerprint density at radius 1 is 1.05 bits per heavy atom. The molecule has 2 aliphatic heterocycles. The molecule has 2 aromatic rings. The molecule has 2 aromatic carbocycles. The first-order chi connectivity index (χ1) is 9.60. The van der Waals surface area contributed by atoms with Gasteiger partial charge in [-0.05, 0) is 23.8 Å². The number of thioether (sulfide) groups is 1. The number of carbonyl (C=O) groups is 1. The molecule has 1 atom stereocenters. The summed E-state index contributed by atoms with van der Waals surface area (Å²) in [4.78, 5) is 15.9. The normalized spacial score (nSPS) is 22.2. The highest BCUT2D eigenvalue weighted by molar-refractivity contribution is 8.00. The van der Waals surface area contributed by atoms with E-state index in [-0.39, 0.29) is 16.7 Å². The zero-order chi connectivity index (χ0) is 13.9. The van der Waals surface area contributed by atoms with E-state index in [0.29, 0.717) is 0 Å². The minimum atomic E-state index is -0.0373. The van der Waals surface area contributed by atoms with E-state index >= 15 is 0 Å². The largest absolute Gasteiger partial charge is 0.294 e. The van der Waals surface area contributed by atoms with E-state index in [0.717, 1.165) is 16.1 Å². The van der Waals surface area contributed by atoms with Gasteiger partial charge in [0.2, 0.25) is 0 Å². The lowest BCUT2D eigenvalue weighted by Gasteiger charge is -2.36. The van der Waals surface area contributed by atoms with Crippen molar-refractivity contribution in [1.82, 2.24) is 0 Å². The summed E-state index contributed by atoms with van der Waals surface area (Å²) in [5, 5.41) is 0.141. The summed E-state index contributed by atoms with van der Waals surface area (Å²) in [6, 6.07) is 16.2. The number of amides is 1. The van der Waals surface area contributed by atoms with E-state index < -0.39 is 0 Å². The zero-order valence-corrected chi connectivity index (χ0v) is 12.3. The van der Waals surface area contributed by atoms with Gasteiger partial charge in [-0.3, -0.25) is 9.69 Å². The number of benzene rings is 2. The number of nitrogens with zero attached hydrogens (tertiary/aromatic N) is 1. The number of hydrogen-bond acceptors (Lipinski definition) is 2. The van der Waals surface area contributed by atoms with Gasteiger partial charge in [0.15, 0.2) is 0 Å². The molecule has 100 valence electrons. The van der Waals surface area contributed by atoms with Crippen molar-refractivity contribution in [2.24, 2.45) is 0 Å². The standard InChI is InChI=1S/C17H15NOS/c1-17(2)12-8-4-5-9-13(12)18-15(19)11-7-3-6-10-14(11)20-16(17)18/h3-10,16H,1-2H3. The van der Waals surface area contributed by atoms with Crippen LogP contribution in [0.4, 0.5) is 5.69 Å². The number of rotatable bonds is 0. The first kappa shape index (κ1) is 12.0. The van der Waals surface area contributed by atoms with Gasteiger partial charge in [0.05, 0.1) is 10.9 Å². The van der Waals surface area contributed by atoms with Gasteiger partial charge >= 0.3 is 0 Å². The molecule has 0 aromatic heterocycles. The Labute approximate surface area is 122 Å². The molecular formula is C17H15NOS. The molecule has 0 N–H and O–H groups in total. The molecule has 2 nitrogen and oxygen atoms in total. The van der Waals surface area contributed by atoms with Crippen LogP contribution < -0.4 is 4.90 Å². The van der Waals surface area contributed by atoms with Crippen LogP contribution >= 0.6 is 11.8 Å². The highest BCUT2D eigenvalue weighted by Gasteiger charge is 2.50. The van der Waals surface area contributed by atoms with Gasteiger partial charge in [-0.2, -0.15) is 0 Å². The maximum Gasteiger partial charge on any atom is 0.260 e. The van der Waals surface area contributed by atoms with Crippen molar-refractivity contribution in [3.8, 4) is 0 Å². The van der Waals surface area contributed by atoms with Gasteiger partial charge in [0, 0.05) is 16.0 Å². The Morgan fingerprint density at radius 2 is 1.75 bits per heavy atom. The first-order valence-electron chi connectivity index (χ1n) is 6.79. The Balaban J connectivity index is 1.95. The summed E-state index contributed by atoms with van der Waals surface area (Å²) in [7, 11) is 0. The SMILES string of the molecule is CC1(C)c2ccccc2N2C(=O)c3ccccc3SC21. The second kappa shape index (κ2) is 3.89. The monoisotopic (exact) mass is 281 g/mol. The van der Waals surface area contributed by atoms with Crippen LogP contribution in [0, 0.1) is 0 Å². The third-order valence-corrected chi connectivity index (χ3v) is 5.92. The maximum absolute atomic E-state index is 12.9. The molecule has 0 saturated carbocycles. The predicted molar refractivity (Wildman–Crippen MR) is 82.4 cm³/mol. The van der Waals surface area contributed by atoms with Gasteiger partial charge in [0.25, 0.3) is 5.91 Å². The van der Waals surface area contributed by atoms with Gasteiger partial charge in [-0.15, -0.1) is 0 Å². The van der Waals surface area contributed by atoms with Crippen LogP contribution in [0.15, 0.2) is 53.4 Å². The quantitative estimate of drug-likeness (QED) is 0.726. The summed E-state index contributed by atoms with van der Waals surface area (Å²) in [6.07, 6.45) is 0. The molecule has 20 heavy (non-hydrogen) atoms. The van der Waals surface area contributed by atoms with Crippen molar-refractivity contribution in [1.29, 1.82) is 0 Å². The molecule has 0 saturated heterocycles. The van der Waals surface area contributed by atoms with Crippen LogP contribution in [0.1, 0.15) is 29.8 Å². The Hall–Kier alpha value is -1.74. The van der Waals surface area contributed by atoms with Crippen LogP contribution in [-0.4, -0.2) is 11.3 Å². The summed E-state index contributed by atoms with van der Waals surface area (Å²) in [6.45, 7) is 4.45. The Morgan fingerprint density at radius 3 is 2.60 bits per heavy atom. The summed E-state index contributed by atoms with van der Waals surface area (Å²) in [5.74, 6) is 0.127. The molecule has 0 spiro atoms. The molecule has 0 bridgehead atoms. The van der Waals surface area contributed by atoms with Gasteiger partial charge in [-0.1, -0.05) is 55.9 Å². The van der Waals surface area contributed by atoms with Crippen molar-refractivity contribution < 1.29 is 4.79 Å². The van der Waals surface area contributed by atoms with Crippen LogP contribution in [0.25, 0.3) is 0 Å². The molecule has 0 fully saturated rings. The molecule has 4 rings (SSSR count). The van der Waals surface area contributed by atoms with Gasteiger partial charge < -0.3 is 0 Å². The lowest BCUT2D eigenvalue weighted by molar-refractivity contribution is 0.0977. The lowest BCUT2D eigenvalue weighted by Crippen LogP contribution is -2.45. The maximum atomic E-state index is 12.9. The molecule has 2 aliphatic rings. The van der Waals surface area contributed by atoms with Crippen molar-refractivity contribution in [2.75, 3.05) is 4.90 Å². The molecule has 3 heteroatoms. The third-order valence-electron chi connectivity index (χ3n) is 4.28. The second-order valence-corrected chi connectivity index (χ2v) is 7.00. The Bertz CT molecular complexity index is 722. The average molecular weight is 281 g/mol. The third kappa shape index (κ3) is 1.39. The number of carbonyl (C=O) groups excluding carboxylic acids is 1.